The van der Waals surface area contributed by atoms with Crippen LogP contribution in [0.1, 0.15) is 18.1 Å². The number of hydrogen-bond acceptors (Lipinski definition) is 3. The predicted octanol–water partition coefficient (Wildman–Crippen LogP) is 3.18. The van der Waals surface area contributed by atoms with Crippen molar-refractivity contribution in [1.29, 1.82) is 5.26 Å². The Morgan fingerprint density at radius 1 is 1.17 bits per heavy atom. The van der Waals surface area contributed by atoms with Crippen LogP contribution in [0.25, 0.3) is 0 Å². The normalized spacial score (nSPS) is 25.3. The van der Waals surface area contributed by atoms with Crippen LogP contribution >= 0.6 is 0 Å². The lowest BCUT2D eigenvalue weighted by molar-refractivity contribution is 1.40. The van der Waals surface area contributed by atoms with Crippen LogP contribution in [-0.4, -0.2) is 11.4 Å². The van der Waals surface area contributed by atoms with Gasteiger partial charge < -0.3 is 0 Å². The van der Waals surface area contributed by atoms with Crippen LogP contribution in [0.5, 0.6) is 0 Å². The van der Waals surface area contributed by atoms with E-state index in [4.69, 9.17) is 5.26 Å². The van der Waals surface area contributed by atoms with Crippen LogP contribution in [0, 0.1) is 18.3 Å². The Bertz CT molecular complexity index is 625. The molecule has 0 aromatic heterocycles. The SMILES string of the molecule is CC1=N/C=C\C(c2cccc(C)c2)=N/C=C\1C#N. The van der Waals surface area contributed by atoms with Crippen LogP contribution in [-0.2, 0) is 0 Å². The molecule has 0 spiro atoms. The molecule has 1 aliphatic rings. The van der Waals surface area contributed by atoms with Crippen molar-refractivity contribution >= 4 is 11.4 Å². The zero-order chi connectivity index (χ0) is 13.0. The molecule has 0 saturated carbocycles. The number of aliphatic imine (C=N–C) groups is 2. The average Bonchev–Trinajstić information content (AvgIpc) is 2.34. The summed E-state index contributed by atoms with van der Waals surface area (Å²) in [5.41, 5.74) is 4.18. The summed E-state index contributed by atoms with van der Waals surface area (Å²) >= 11 is 0. The third-order valence-corrected chi connectivity index (χ3v) is 2.66. The quantitative estimate of drug-likeness (QED) is 0.737. The molecule has 0 unspecified atom stereocenters. The number of rotatable bonds is 1. The molecule has 1 heterocycles. The van der Waals surface area contributed by atoms with E-state index < -0.39 is 0 Å². The second-order valence-corrected chi connectivity index (χ2v) is 4.07. The number of hydrogen-bond donors (Lipinski definition) is 0. The maximum Gasteiger partial charge on any atom is 0.103 e. The molecule has 0 fully saturated rings. The maximum atomic E-state index is 8.99. The van der Waals surface area contributed by atoms with E-state index in [1.54, 1.807) is 19.3 Å². The summed E-state index contributed by atoms with van der Waals surface area (Å²) in [7, 11) is 0. The third-order valence-electron chi connectivity index (χ3n) is 2.66. The summed E-state index contributed by atoms with van der Waals surface area (Å²) in [6.45, 7) is 3.84. The van der Waals surface area contributed by atoms with Crippen LogP contribution in [0.3, 0.4) is 0 Å². The number of benzene rings is 1. The van der Waals surface area contributed by atoms with Gasteiger partial charge in [-0.25, -0.2) is 0 Å². The summed E-state index contributed by atoms with van der Waals surface area (Å²) in [6.07, 6.45) is 5.10. The zero-order valence-corrected chi connectivity index (χ0v) is 10.4. The lowest BCUT2D eigenvalue weighted by Gasteiger charge is -2.04. The number of aryl methyl sites for hydroxylation is 1. The minimum absolute atomic E-state index is 0.490. The third kappa shape index (κ3) is 2.61. The molecule has 1 aromatic rings. The van der Waals surface area contributed by atoms with E-state index in [-0.39, 0.29) is 0 Å². The molecule has 3 heteroatoms. The minimum Gasteiger partial charge on any atom is -0.260 e. The van der Waals surface area contributed by atoms with E-state index in [0.29, 0.717) is 11.3 Å². The molecule has 0 radical (unpaired) electrons. The van der Waals surface area contributed by atoms with Crippen LogP contribution in [0.2, 0.25) is 0 Å². The Balaban J connectivity index is 2.45. The van der Waals surface area contributed by atoms with Crippen molar-refractivity contribution in [3.63, 3.8) is 0 Å². The fraction of sp³-hybridized carbons (Fsp3) is 0.133. The van der Waals surface area contributed by atoms with E-state index >= 15 is 0 Å². The summed E-state index contributed by atoms with van der Waals surface area (Å²) < 4.78 is 0. The molecule has 3 nitrogen and oxygen atoms in total. The van der Waals surface area contributed by atoms with Crippen LogP contribution in [0.4, 0.5) is 0 Å². The average molecular weight is 235 g/mol. The molecule has 0 amide bonds. The molecule has 0 bridgehead atoms. The Hall–Kier alpha value is -2.47. The van der Waals surface area contributed by atoms with Crippen molar-refractivity contribution in [2.75, 3.05) is 0 Å². The molecule has 0 atom stereocenters. The van der Waals surface area contributed by atoms with E-state index in [2.05, 4.69) is 22.1 Å². The highest BCUT2D eigenvalue weighted by Gasteiger charge is 2.04. The Labute approximate surface area is 107 Å². The van der Waals surface area contributed by atoms with Gasteiger partial charge in [-0.15, -0.1) is 0 Å². The minimum atomic E-state index is 0.490. The summed E-state index contributed by atoms with van der Waals surface area (Å²) in [4.78, 5) is 8.56. The van der Waals surface area contributed by atoms with Gasteiger partial charge in [0.2, 0.25) is 0 Å². The fourth-order valence-corrected chi connectivity index (χ4v) is 1.64. The monoisotopic (exact) mass is 235 g/mol. The molecule has 1 aromatic carbocycles. The first-order valence-electron chi connectivity index (χ1n) is 5.67. The van der Waals surface area contributed by atoms with Crippen molar-refractivity contribution in [3.05, 3.63) is 59.4 Å². The Morgan fingerprint density at radius 3 is 2.72 bits per heavy atom. The lowest BCUT2D eigenvalue weighted by Crippen LogP contribution is -2.01. The summed E-state index contributed by atoms with van der Waals surface area (Å²) in [5.74, 6) is 0. The maximum absolute atomic E-state index is 8.99. The van der Waals surface area contributed by atoms with E-state index in [0.717, 1.165) is 11.3 Å². The standard InChI is InChI=1S/C15H13N3/c1-11-4-3-5-13(8-11)15-6-7-17-12(2)14(9-16)10-18-15/h3-8,10H,1-2H3/b7-6-,14-10-,14-12?,15-6?,17-7?,17-12-,18-10?,18-15+. The predicted molar refractivity (Wildman–Crippen MR) is 73.7 cm³/mol. The van der Waals surface area contributed by atoms with Gasteiger partial charge in [-0.05, 0) is 26.0 Å². The summed E-state index contributed by atoms with van der Waals surface area (Å²) in [6, 6.07) is 10.2. The first-order chi connectivity index (χ1) is 8.70. The lowest BCUT2D eigenvalue weighted by atomic mass is 10.1. The molecule has 18 heavy (non-hydrogen) atoms. The van der Waals surface area contributed by atoms with Crippen molar-refractivity contribution < 1.29 is 0 Å². The van der Waals surface area contributed by atoms with Crippen LogP contribution < -0.4 is 0 Å². The van der Waals surface area contributed by atoms with Gasteiger partial charge in [-0.2, -0.15) is 5.26 Å². The van der Waals surface area contributed by atoms with Gasteiger partial charge in [0.05, 0.1) is 17.0 Å². The molecular formula is C15H13N3. The molecule has 1 aliphatic heterocycles. The first-order valence-corrected chi connectivity index (χ1v) is 5.67. The summed E-state index contributed by atoms with van der Waals surface area (Å²) in [5, 5.41) is 8.99. The van der Waals surface area contributed by atoms with Gasteiger partial charge >= 0.3 is 0 Å². The van der Waals surface area contributed by atoms with Gasteiger partial charge in [0.15, 0.2) is 0 Å². The molecule has 2 rings (SSSR count). The highest BCUT2D eigenvalue weighted by molar-refractivity contribution is 6.10. The van der Waals surface area contributed by atoms with Crippen molar-refractivity contribution in [2.24, 2.45) is 9.98 Å². The number of allylic oxidation sites excluding steroid dienone is 2. The van der Waals surface area contributed by atoms with Gasteiger partial charge in [-0.1, -0.05) is 23.8 Å². The second kappa shape index (κ2) is 5.24. The van der Waals surface area contributed by atoms with E-state index in [1.165, 1.54) is 5.56 Å². The van der Waals surface area contributed by atoms with E-state index in [9.17, 15) is 0 Å². The highest BCUT2D eigenvalue weighted by atomic mass is 14.8. The first kappa shape index (κ1) is 12.0. The molecule has 0 aliphatic carbocycles. The molecule has 88 valence electrons. The van der Waals surface area contributed by atoms with Crippen molar-refractivity contribution in [3.8, 4) is 6.07 Å². The van der Waals surface area contributed by atoms with Crippen LogP contribution in [0.15, 0.2) is 58.3 Å². The highest BCUT2D eigenvalue weighted by Crippen LogP contribution is 2.10. The van der Waals surface area contributed by atoms with E-state index in [1.807, 2.05) is 31.2 Å². The van der Waals surface area contributed by atoms with Gasteiger partial charge in [0.25, 0.3) is 0 Å². The zero-order valence-electron chi connectivity index (χ0n) is 10.4. The Morgan fingerprint density at radius 2 is 2.00 bits per heavy atom. The number of nitriles is 1. The van der Waals surface area contributed by atoms with Crippen molar-refractivity contribution in [1.82, 2.24) is 0 Å². The topological polar surface area (TPSA) is 48.5 Å². The largest absolute Gasteiger partial charge is 0.260 e. The van der Waals surface area contributed by atoms with Gasteiger partial charge in [0.1, 0.15) is 6.07 Å². The molecule has 0 saturated heterocycles. The van der Waals surface area contributed by atoms with Crippen molar-refractivity contribution in [2.45, 2.75) is 13.8 Å². The number of nitrogens with zero attached hydrogens (tertiary/aromatic N) is 3. The molecule has 0 N–H and O–H groups in total. The smallest absolute Gasteiger partial charge is 0.103 e. The van der Waals surface area contributed by atoms with Gasteiger partial charge in [0, 0.05) is 18.0 Å². The Kier molecular flexibility index (Phi) is 3.49. The fourth-order valence-electron chi connectivity index (χ4n) is 1.64. The second-order valence-electron chi connectivity index (χ2n) is 4.07. The van der Waals surface area contributed by atoms with Gasteiger partial charge in [-0.3, -0.25) is 9.98 Å². The molecular weight excluding hydrogens is 222 g/mol.